The summed E-state index contributed by atoms with van der Waals surface area (Å²) in [6.07, 6.45) is 3.21. The quantitative estimate of drug-likeness (QED) is 0.725. The molecule has 114 valence electrons. The summed E-state index contributed by atoms with van der Waals surface area (Å²) in [5, 5.41) is 15.6. The monoisotopic (exact) mass is 282 g/mol. The molecule has 1 heterocycles. The minimum Gasteiger partial charge on any atom is -0.481 e. The molecule has 2 atom stereocenters. The lowest BCUT2D eigenvalue weighted by atomic mass is 9.70. The second-order valence-corrected chi connectivity index (χ2v) is 6.73. The zero-order valence-corrected chi connectivity index (χ0v) is 12.4. The molecule has 2 fully saturated rings. The van der Waals surface area contributed by atoms with Crippen LogP contribution in [0.25, 0.3) is 0 Å². The normalized spacial score (nSPS) is 37.6. The number of carboxylic acid groups (broad SMARTS) is 1. The van der Waals surface area contributed by atoms with Crippen molar-refractivity contribution >= 4 is 11.9 Å². The Bertz CT molecular complexity index is 375. The van der Waals surface area contributed by atoms with Gasteiger partial charge in [0.2, 0.25) is 5.91 Å². The third-order valence-electron chi connectivity index (χ3n) is 5.14. The Morgan fingerprint density at radius 3 is 2.40 bits per heavy atom. The summed E-state index contributed by atoms with van der Waals surface area (Å²) >= 11 is 0. The van der Waals surface area contributed by atoms with Crippen LogP contribution in [-0.4, -0.2) is 36.6 Å². The van der Waals surface area contributed by atoms with Gasteiger partial charge in [-0.1, -0.05) is 13.8 Å². The van der Waals surface area contributed by atoms with E-state index in [-0.39, 0.29) is 18.4 Å². The van der Waals surface area contributed by atoms with Gasteiger partial charge in [-0.05, 0) is 44.1 Å². The maximum atomic E-state index is 12.2. The van der Waals surface area contributed by atoms with Crippen molar-refractivity contribution in [3.8, 4) is 0 Å². The second kappa shape index (κ2) is 6.12. The van der Waals surface area contributed by atoms with Crippen molar-refractivity contribution in [2.45, 2.75) is 39.5 Å². The average molecular weight is 282 g/mol. The SMILES string of the molecule is CC1CCC(CNC(=O)[C@@H]2CNC[C@H]2C)(C(=O)O)CC1. The maximum Gasteiger partial charge on any atom is 0.311 e. The minimum atomic E-state index is -0.762. The van der Waals surface area contributed by atoms with Crippen molar-refractivity contribution in [1.82, 2.24) is 10.6 Å². The number of hydrogen-bond donors (Lipinski definition) is 3. The minimum absolute atomic E-state index is 0.00162. The van der Waals surface area contributed by atoms with E-state index in [4.69, 9.17) is 0 Å². The highest BCUT2D eigenvalue weighted by Crippen LogP contribution is 2.38. The van der Waals surface area contributed by atoms with Crippen LogP contribution in [0.3, 0.4) is 0 Å². The van der Waals surface area contributed by atoms with E-state index in [0.29, 0.717) is 31.2 Å². The van der Waals surface area contributed by atoms with Crippen LogP contribution >= 0.6 is 0 Å². The fourth-order valence-electron chi connectivity index (χ4n) is 3.33. The van der Waals surface area contributed by atoms with Crippen LogP contribution in [0.4, 0.5) is 0 Å². The first-order chi connectivity index (χ1) is 9.44. The number of aliphatic carboxylic acids is 1. The summed E-state index contributed by atoms with van der Waals surface area (Å²) in [4.78, 5) is 23.8. The Balaban J connectivity index is 1.92. The number of nitrogens with one attached hydrogen (secondary N) is 2. The van der Waals surface area contributed by atoms with Crippen molar-refractivity contribution in [3.05, 3.63) is 0 Å². The molecular weight excluding hydrogens is 256 g/mol. The lowest BCUT2D eigenvalue weighted by Gasteiger charge is -2.36. The topological polar surface area (TPSA) is 78.4 Å². The largest absolute Gasteiger partial charge is 0.481 e. The highest BCUT2D eigenvalue weighted by Gasteiger charge is 2.42. The second-order valence-electron chi connectivity index (χ2n) is 6.73. The van der Waals surface area contributed by atoms with E-state index in [9.17, 15) is 14.7 Å². The predicted molar refractivity (Wildman–Crippen MR) is 76.2 cm³/mol. The van der Waals surface area contributed by atoms with Crippen LogP contribution in [0, 0.1) is 23.2 Å². The van der Waals surface area contributed by atoms with E-state index >= 15 is 0 Å². The smallest absolute Gasteiger partial charge is 0.311 e. The maximum absolute atomic E-state index is 12.2. The van der Waals surface area contributed by atoms with E-state index < -0.39 is 11.4 Å². The van der Waals surface area contributed by atoms with Crippen molar-refractivity contribution in [1.29, 1.82) is 0 Å². The number of rotatable bonds is 4. The van der Waals surface area contributed by atoms with Gasteiger partial charge in [0.15, 0.2) is 0 Å². The van der Waals surface area contributed by atoms with Crippen molar-refractivity contribution in [2.24, 2.45) is 23.2 Å². The molecule has 0 unspecified atom stereocenters. The van der Waals surface area contributed by atoms with Crippen molar-refractivity contribution < 1.29 is 14.7 Å². The molecule has 20 heavy (non-hydrogen) atoms. The lowest BCUT2D eigenvalue weighted by Crippen LogP contribution is -2.47. The number of amides is 1. The van der Waals surface area contributed by atoms with Gasteiger partial charge in [0.1, 0.15) is 0 Å². The Morgan fingerprint density at radius 1 is 1.25 bits per heavy atom. The summed E-state index contributed by atoms with van der Waals surface area (Å²) in [6, 6.07) is 0. The molecule has 0 bridgehead atoms. The summed E-state index contributed by atoms with van der Waals surface area (Å²) in [5.74, 6) is 0.131. The Kier molecular flexibility index (Phi) is 4.68. The molecule has 3 N–H and O–H groups in total. The van der Waals surface area contributed by atoms with Gasteiger partial charge in [-0.3, -0.25) is 9.59 Å². The van der Waals surface area contributed by atoms with E-state index in [1.165, 1.54) is 0 Å². The first kappa shape index (κ1) is 15.3. The third kappa shape index (κ3) is 3.14. The van der Waals surface area contributed by atoms with Gasteiger partial charge in [0.05, 0.1) is 11.3 Å². The fraction of sp³-hybridized carbons (Fsp3) is 0.867. The molecule has 1 aliphatic carbocycles. The van der Waals surface area contributed by atoms with Gasteiger partial charge >= 0.3 is 5.97 Å². The van der Waals surface area contributed by atoms with Crippen LogP contribution < -0.4 is 10.6 Å². The molecule has 1 saturated carbocycles. The van der Waals surface area contributed by atoms with Gasteiger partial charge < -0.3 is 15.7 Å². The van der Waals surface area contributed by atoms with E-state index in [1.807, 2.05) is 0 Å². The molecule has 0 aromatic rings. The van der Waals surface area contributed by atoms with E-state index in [1.54, 1.807) is 0 Å². The van der Waals surface area contributed by atoms with Crippen molar-refractivity contribution in [2.75, 3.05) is 19.6 Å². The van der Waals surface area contributed by atoms with Crippen LogP contribution in [0.1, 0.15) is 39.5 Å². The average Bonchev–Trinajstić information content (AvgIpc) is 2.84. The molecule has 1 amide bonds. The van der Waals surface area contributed by atoms with Crippen molar-refractivity contribution in [3.63, 3.8) is 0 Å². The fourth-order valence-corrected chi connectivity index (χ4v) is 3.33. The molecule has 0 spiro atoms. The lowest BCUT2D eigenvalue weighted by molar-refractivity contribution is -0.151. The van der Waals surface area contributed by atoms with E-state index in [0.717, 1.165) is 19.4 Å². The molecule has 0 radical (unpaired) electrons. The van der Waals surface area contributed by atoms with Gasteiger partial charge in [0, 0.05) is 13.1 Å². The van der Waals surface area contributed by atoms with Gasteiger partial charge in [-0.15, -0.1) is 0 Å². The van der Waals surface area contributed by atoms with E-state index in [2.05, 4.69) is 24.5 Å². The van der Waals surface area contributed by atoms with Crippen LogP contribution in [0.15, 0.2) is 0 Å². The molecule has 1 saturated heterocycles. The summed E-state index contributed by atoms with van der Waals surface area (Å²) in [6.45, 7) is 6.05. The molecule has 2 aliphatic rings. The first-order valence-electron chi connectivity index (χ1n) is 7.66. The summed E-state index contributed by atoms with van der Waals surface area (Å²) < 4.78 is 0. The summed E-state index contributed by atoms with van der Waals surface area (Å²) in [7, 11) is 0. The van der Waals surface area contributed by atoms with Crippen LogP contribution in [-0.2, 0) is 9.59 Å². The van der Waals surface area contributed by atoms with Gasteiger partial charge in [0.25, 0.3) is 0 Å². The standard InChI is InChI=1S/C15H26N2O3/c1-10-3-5-15(6-4-10,14(19)20)9-17-13(18)12-8-16-7-11(12)2/h10-12,16H,3-9H2,1-2H3,(H,17,18)(H,19,20)/t10?,11-,12-,15?/m1/s1. The highest BCUT2D eigenvalue weighted by atomic mass is 16.4. The first-order valence-corrected chi connectivity index (χ1v) is 7.66. The Hall–Kier alpha value is -1.10. The van der Waals surface area contributed by atoms with Gasteiger partial charge in [-0.2, -0.15) is 0 Å². The molecule has 1 aliphatic heterocycles. The number of hydrogen-bond acceptors (Lipinski definition) is 3. The molecule has 0 aromatic carbocycles. The molecular formula is C15H26N2O3. The number of carboxylic acids is 1. The zero-order chi connectivity index (χ0) is 14.8. The molecule has 2 rings (SSSR count). The van der Waals surface area contributed by atoms with Crippen LogP contribution in [0.5, 0.6) is 0 Å². The molecule has 5 heteroatoms. The van der Waals surface area contributed by atoms with Crippen LogP contribution in [0.2, 0.25) is 0 Å². The number of carbonyl (C=O) groups excluding carboxylic acids is 1. The third-order valence-corrected chi connectivity index (χ3v) is 5.14. The number of carbonyl (C=O) groups is 2. The predicted octanol–water partition coefficient (Wildman–Crippen LogP) is 1.24. The molecule has 5 nitrogen and oxygen atoms in total. The van der Waals surface area contributed by atoms with Gasteiger partial charge in [-0.25, -0.2) is 0 Å². The zero-order valence-electron chi connectivity index (χ0n) is 12.4. The summed E-state index contributed by atoms with van der Waals surface area (Å²) in [5.41, 5.74) is -0.753. The Morgan fingerprint density at radius 2 is 1.90 bits per heavy atom. The highest BCUT2D eigenvalue weighted by molar-refractivity contribution is 5.81. The Labute approximate surface area is 120 Å². The molecule has 0 aromatic heterocycles.